The first-order chi connectivity index (χ1) is 9.10. The van der Waals surface area contributed by atoms with Crippen molar-refractivity contribution in [3.8, 4) is 5.75 Å². The second-order valence-electron chi connectivity index (χ2n) is 4.57. The molecular weight excluding hydrogens is 320 g/mol. The van der Waals surface area contributed by atoms with Crippen LogP contribution in [0.3, 0.4) is 0 Å². The van der Waals surface area contributed by atoms with E-state index in [1.165, 1.54) is 6.07 Å². The molecule has 0 heterocycles. The maximum atomic E-state index is 12.1. The van der Waals surface area contributed by atoms with E-state index in [2.05, 4.69) is 25.6 Å². The lowest BCUT2D eigenvalue weighted by Gasteiger charge is -2.21. The number of ether oxygens (including phenoxy) is 1. The number of halogens is 3. The van der Waals surface area contributed by atoms with Crippen molar-refractivity contribution in [2.45, 2.75) is 32.0 Å². The largest absolute Gasteiger partial charge is 0.434 e. The van der Waals surface area contributed by atoms with Gasteiger partial charge in [-0.15, -0.1) is 0 Å². The molecule has 1 fully saturated rings. The van der Waals surface area contributed by atoms with Crippen LogP contribution < -0.4 is 4.74 Å². The van der Waals surface area contributed by atoms with Crippen LogP contribution in [0.25, 0.3) is 0 Å². The van der Waals surface area contributed by atoms with E-state index >= 15 is 0 Å². The number of nitrogens with zero attached hydrogens (tertiary/aromatic N) is 1. The second kappa shape index (κ2) is 6.63. The average molecular weight is 336 g/mol. The number of hydrogen-bond acceptors (Lipinski definition) is 3. The Bertz CT molecular complexity index is 427. The Hall–Kier alpha value is -0.720. The molecule has 6 heteroatoms. The summed E-state index contributed by atoms with van der Waals surface area (Å²) in [5, 5.41) is 9.03. The zero-order valence-corrected chi connectivity index (χ0v) is 11.9. The summed E-state index contributed by atoms with van der Waals surface area (Å²) in [7, 11) is 0. The lowest BCUT2D eigenvalue weighted by molar-refractivity contribution is -0.0503. The molecule has 0 bridgehead atoms. The van der Waals surface area contributed by atoms with Crippen LogP contribution in [-0.2, 0) is 6.54 Å². The maximum absolute atomic E-state index is 12.1. The van der Waals surface area contributed by atoms with Gasteiger partial charge in [-0.3, -0.25) is 4.90 Å². The quantitative estimate of drug-likeness (QED) is 0.831. The molecule has 1 aromatic carbocycles. The molecule has 106 valence electrons. The normalized spacial score (nSPS) is 15.3. The van der Waals surface area contributed by atoms with Gasteiger partial charge in [0.05, 0.1) is 11.1 Å². The van der Waals surface area contributed by atoms with Crippen molar-refractivity contribution in [1.29, 1.82) is 0 Å². The average Bonchev–Trinajstić information content (AvgIpc) is 3.16. The number of aliphatic hydroxyl groups is 1. The minimum Gasteiger partial charge on any atom is -0.434 e. The van der Waals surface area contributed by atoms with E-state index in [1.807, 2.05) is 0 Å². The zero-order valence-electron chi connectivity index (χ0n) is 10.4. The summed E-state index contributed by atoms with van der Waals surface area (Å²) in [6.45, 7) is -1.35. The Labute approximate surface area is 119 Å². The number of rotatable bonds is 7. The Morgan fingerprint density at radius 2 is 2.16 bits per heavy atom. The summed E-state index contributed by atoms with van der Waals surface area (Å²) in [6, 6.07) is 5.64. The predicted molar refractivity (Wildman–Crippen MR) is 71.3 cm³/mol. The lowest BCUT2D eigenvalue weighted by atomic mass is 10.2. The molecule has 0 aromatic heterocycles. The van der Waals surface area contributed by atoms with Crippen molar-refractivity contribution < 1.29 is 18.6 Å². The third-order valence-electron chi connectivity index (χ3n) is 3.05. The number of aliphatic hydroxyl groups excluding tert-OH is 1. The van der Waals surface area contributed by atoms with E-state index in [4.69, 9.17) is 5.11 Å². The fourth-order valence-electron chi connectivity index (χ4n) is 2.03. The van der Waals surface area contributed by atoms with E-state index in [0.717, 1.165) is 18.4 Å². The van der Waals surface area contributed by atoms with Crippen molar-refractivity contribution >= 4 is 15.9 Å². The SMILES string of the molecule is OCCN(Cc1ccc(OC(F)F)c(Br)c1)C1CC1. The minimum atomic E-state index is -2.82. The lowest BCUT2D eigenvalue weighted by Crippen LogP contribution is -2.28. The van der Waals surface area contributed by atoms with Crippen LogP contribution in [0, 0.1) is 0 Å². The molecule has 1 aromatic rings. The van der Waals surface area contributed by atoms with Gasteiger partial charge in [-0.1, -0.05) is 6.07 Å². The highest BCUT2D eigenvalue weighted by Crippen LogP contribution is 2.31. The van der Waals surface area contributed by atoms with Gasteiger partial charge in [0.15, 0.2) is 0 Å². The number of alkyl halides is 2. The third kappa shape index (κ3) is 4.40. The molecule has 1 N–H and O–H groups in total. The zero-order chi connectivity index (χ0) is 13.8. The first-order valence-corrected chi connectivity index (χ1v) is 6.97. The van der Waals surface area contributed by atoms with Gasteiger partial charge in [0, 0.05) is 19.1 Å². The second-order valence-corrected chi connectivity index (χ2v) is 5.42. The molecule has 1 aliphatic rings. The Balaban J connectivity index is 2.02. The highest BCUT2D eigenvalue weighted by atomic mass is 79.9. The van der Waals surface area contributed by atoms with E-state index in [0.29, 0.717) is 23.6 Å². The van der Waals surface area contributed by atoms with E-state index < -0.39 is 6.61 Å². The Morgan fingerprint density at radius 1 is 1.42 bits per heavy atom. The molecule has 1 saturated carbocycles. The van der Waals surface area contributed by atoms with Gasteiger partial charge in [0.25, 0.3) is 0 Å². The van der Waals surface area contributed by atoms with Gasteiger partial charge in [0.2, 0.25) is 0 Å². The maximum Gasteiger partial charge on any atom is 0.387 e. The van der Waals surface area contributed by atoms with Crippen molar-refractivity contribution in [3.63, 3.8) is 0 Å². The monoisotopic (exact) mass is 335 g/mol. The Morgan fingerprint density at radius 3 is 2.68 bits per heavy atom. The highest BCUT2D eigenvalue weighted by Gasteiger charge is 2.28. The summed E-state index contributed by atoms with van der Waals surface area (Å²) < 4.78 is 29.2. The smallest absolute Gasteiger partial charge is 0.387 e. The van der Waals surface area contributed by atoms with Gasteiger partial charge < -0.3 is 9.84 Å². The molecule has 3 nitrogen and oxygen atoms in total. The molecule has 1 aliphatic carbocycles. The van der Waals surface area contributed by atoms with Gasteiger partial charge in [-0.2, -0.15) is 8.78 Å². The summed E-state index contributed by atoms with van der Waals surface area (Å²) in [4.78, 5) is 2.20. The highest BCUT2D eigenvalue weighted by molar-refractivity contribution is 9.10. The van der Waals surface area contributed by atoms with Crippen LogP contribution in [0.1, 0.15) is 18.4 Å². The van der Waals surface area contributed by atoms with Crippen molar-refractivity contribution in [1.82, 2.24) is 4.90 Å². The van der Waals surface area contributed by atoms with Gasteiger partial charge in [0.1, 0.15) is 5.75 Å². The molecule has 2 rings (SSSR count). The van der Waals surface area contributed by atoms with Gasteiger partial charge >= 0.3 is 6.61 Å². The molecule has 0 amide bonds. The standard InChI is InChI=1S/C13H16BrF2NO2/c14-11-7-9(1-4-12(11)19-13(15)16)8-17(5-6-18)10-2-3-10/h1,4,7,10,13,18H,2-3,5-6,8H2. The molecule has 0 atom stereocenters. The molecule has 19 heavy (non-hydrogen) atoms. The van der Waals surface area contributed by atoms with Crippen LogP contribution in [0.2, 0.25) is 0 Å². The molecule has 0 unspecified atom stereocenters. The number of benzene rings is 1. The van der Waals surface area contributed by atoms with Crippen LogP contribution in [0.4, 0.5) is 8.78 Å². The van der Waals surface area contributed by atoms with Crippen LogP contribution in [0.5, 0.6) is 5.75 Å². The third-order valence-corrected chi connectivity index (χ3v) is 3.67. The summed E-state index contributed by atoms with van der Waals surface area (Å²) in [5.74, 6) is 0.138. The Kier molecular flexibility index (Phi) is 5.13. The van der Waals surface area contributed by atoms with Crippen LogP contribution in [0.15, 0.2) is 22.7 Å². The topological polar surface area (TPSA) is 32.7 Å². The van der Waals surface area contributed by atoms with E-state index in [9.17, 15) is 8.78 Å². The summed E-state index contributed by atoms with van der Waals surface area (Å²) in [6.07, 6.45) is 2.32. The van der Waals surface area contributed by atoms with E-state index in [-0.39, 0.29) is 12.4 Å². The molecule has 0 saturated heterocycles. The fourth-order valence-corrected chi connectivity index (χ4v) is 2.55. The molecule has 0 radical (unpaired) electrons. The fraction of sp³-hybridized carbons (Fsp3) is 0.538. The predicted octanol–water partition coefficient (Wildman–Crippen LogP) is 3.01. The molecule has 0 aliphatic heterocycles. The van der Waals surface area contributed by atoms with Crippen LogP contribution >= 0.6 is 15.9 Å². The van der Waals surface area contributed by atoms with Gasteiger partial charge in [-0.05, 0) is 46.5 Å². The van der Waals surface area contributed by atoms with Gasteiger partial charge in [-0.25, -0.2) is 0 Å². The number of hydrogen-bond donors (Lipinski definition) is 1. The van der Waals surface area contributed by atoms with E-state index in [1.54, 1.807) is 12.1 Å². The summed E-state index contributed by atoms with van der Waals surface area (Å²) in [5.41, 5.74) is 1.01. The summed E-state index contributed by atoms with van der Waals surface area (Å²) >= 11 is 3.23. The first kappa shape index (κ1) is 14.7. The first-order valence-electron chi connectivity index (χ1n) is 6.18. The van der Waals surface area contributed by atoms with Crippen LogP contribution in [-0.4, -0.2) is 35.8 Å². The molecule has 0 spiro atoms. The van der Waals surface area contributed by atoms with Crippen molar-refractivity contribution in [2.24, 2.45) is 0 Å². The van der Waals surface area contributed by atoms with Crippen molar-refractivity contribution in [3.05, 3.63) is 28.2 Å². The molecular formula is C13H16BrF2NO2. The minimum absolute atomic E-state index is 0.129. The van der Waals surface area contributed by atoms with Crippen molar-refractivity contribution in [2.75, 3.05) is 13.2 Å².